The summed E-state index contributed by atoms with van der Waals surface area (Å²) in [6.07, 6.45) is 3.17. The van der Waals surface area contributed by atoms with Gasteiger partial charge in [-0.15, -0.1) is 0 Å². The van der Waals surface area contributed by atoms with Crippen molar-refractivity contribution < 1.29 is 9.84 Å². The highest BCUT2D eigenvalue weighted by Crippen LogP contribution is 2.37. The Morgan fingerprint density at radius 1 is 1.25 bits per heavy atom. The highest BCUT2D eigenvalue weighted by molar-refractivity contribution is 6.42. The molecule has 0 aromatic heterocycles. The van der Waals surface area contributed by atoms with Gasteiger partial charge in [0.1, 0.15) is 0 Å². The van der Waals surface area contributed by atoms with Gasteiger partial charge in [-0.3, -0.25) is 0 Å². The number of benzene rings is 1. The van der Waals surface area contributed by atoms with E-state index in [-0.39, 0.29) is 12.0 Å². The molecular formula is C15H21Cl2NO2. The number of nitrogens with one attached hydrogen (secondary N) is 1. The summed E-state index contributed by atoms with van der Waals surface area (Å²) in [5.74, 6) is 0. The van der Waals surface area contributed by atoms with Crippen molar-refractivity contribution in [1.29, 1.82) is 0 Å². The Balaban J connectivity index is 2.14. The molecule has 5 heteroatoms. The van der Waals surface area contributed by atoms with Crippen LogP contribution < -0.4 is 5.32 Å². The number of hydrogen-bond acceptors (Lipinski definition) is 3. The van der Waals surface area contributed by atoms with Crippen LogP contribution in [0.25, 0.3) is 0 Å². The third-order valence-electron chi connectivity index (χ3n) is 3.96. The molecule has 2 N–H and O–H groups in total. The molecule has 112 valence electrons. The molecule has 1 aliphatic heterocycles. The second-order valence-electron chi connectivity index (χ2n) is 5.28. The van der Waals surface area contributed by atoms with Crippen molar-refractivity contribution >= 4 is 23.2 Å². The fourth-order valence-corrected chi connectivity index (χ4v) is 3.13. The van der Waals surface area contributed by atoms with E-state index in [0.29, 0.717) is 23.3 Å². The zero-order valence-electron chi connectivity index (χ0n) is 11.5. The molecule has 1 heterocycles. The SMILES string of the molecule is OCCOCCC1(c2ccc(Cl)c(Cl)c2)CCCNC1. The number of halogens is 2. The number of aliphatic hydroxyl groups is 1. The Morgan fingerprint density at radius 2 is 2.10 bits per heavy atom. The minimum absolute atomic E-state index is 0.0436. The molecule has 1 aromatic rings. The average molecular weight is 318 g/mol. The molecule has 1 aliphatic rings. The van der Waals surface area contributed by atoms with Crippen molar-refractivity contribution in [2.75, 3.05) is 32.9 Å². The first-order valence-electron chi connectivity index (χ1n) is 7.03. The molecule has 1 fully saturated rings. The zero-order chi connectivity index (χ0) is 14.4. The van der Waals surface area contributed by atoms with Crippen LogP contribution in [0.4, 0.5) is 0 Å². The van der Waals surface area contributed by atoms with Crippen LogP contribution in [0.3, 0.4) is 0 Å². The Kier molecular flexibility index (Phi) is 6.12. The number of hydrogen-bond donors (Lipinski definition) is 2. The molecule has 3 nitrogen and oxygen atoms in total. The Morgan fingerprint density at radius 3 is 2.75 bits per heavy atom. The lowest BCUT2D eigenvalue weighted by atomic mass is 9.72. The van der Waals surface area contributed by atoms with Gasteiger partial charge in [0.2, 0.25) is 0 Å². The van der Waals surface area contributed by atoms with Crippen molar-refractivity contribution in [3.05, 3.63) is 33.8 Å². The Hall–Kier alpha value is -0.320. The van der Waals surface area contributed by atoms with E-state index in [9.17, 15) is 0 Å². The molecule has 2 rings (SSSR count). The van der Waals surface area contributed by atoms with Gasteiger partial charge in [0.25, 0.3) is 0 Å². The Labute approximate surface area is 130 Å². The van der Waals surface area contributed by atoms with Crippen LogP contribution in [0.1, 0.15) is 24.8 Å². The predicted molar refractivity (Wildman–Crippen MR) is 82.8 cm³/mol. The first-order valence-corrected chi connectivity index (χ1v) is 7.78. The zero-order valence-corrected chi connectivity index (χ0v) is 13.0. The van der Waals surface area contributed by atoms with Crippen molar-refractivity contribution in [1.82, 2.24) is 5.32 Å². The molecule has 0 saturated carbocycles. The lowest BCUT2D eigenvalue weighted by molar-refractivity contribution is 0.0748. The maximum atomic E-state index is 8.78. The van der Waals surface area contributed by atoms with Crippen LogP contribution >= 0.6 is 23.2 Å². The smallest absolute Gasteiger partial charge is 0.0697 e. The Bertz CT molecular complexity index is 434. The first kappa shape index (κ1) is 16.1. The summed E-state index contributed by atoms with van der Waals surface area (Å²) in [7, 11) is 0. The van der Waals surface area contributed by atoms with Crippen molar-refractivity contribution in [2.45, 2.75) is 24.7 Å². The van der Waals surface area contributed by atoms with Crippen LogP contribution in [-0.4, -0.2) is 38.0 Å². The van der Waals surface area contributed by atoms with Gasteiger partial charge >= 0.3 is 0 Å². The summed E-state index contributed by atoms with van der Waals surface area (Å²) in [5, 5.41) is 13.4. The van der Waals surface area contributed by atoms with E-state index in [1.54, 1.807) is 0 Å². The lowest BCUT2D eigenvalue weighted by Gasteiger charge is -2.38. The van der Waals surface area contributed by atoms with Gasteiger partial charge in [0.05, 0.1) is 23.3 Å². The van der Waals surface area contributed by atoms with Gasteiger partial charge in [0, 0.05) is 18.6 Å². The molecule has 0 spiro atoms. The monoisotopic (exact) mass is 317 g/mol. The number of piperidine rings is 1. The van der Waals surface area contributed by atoms with Gasteiger partial charge in [0.15, 0.2) is 0 Å². The second-order valence-corrected chi connectivity index (χ2v) is 6.09. The van der Waals surface area contributed by atoms with Crippen molar-refractivity contribution in [3.63, 3.8) is 0 Å². The molecule has 1 saturated heterocycles. The van der Waals surface area contributed by atoms with Gasteiger partial charge in [-0.25, -0.2) is 0 Å². The molecule has 1 aromatic carbocycles. The number of ether oxygens (including phenoxy) is 1. The fraction of sp³-hybridized carbons (Fsp3) is 0.600. The van der Waals surface area contributed by atoms with E-state index in [4.69, 9.17) is 33.0 Å². The third kappa shape index (κ3) is 3.86. The van der Waals surface area contributed by atoms with Gasteiger partial charge in [-0.2, -0.15) is 0 Å². The minimum atomic E-state index is 0.0436. The quantitative estimate of drug-likeness (QED) is 0.792. The molecule has 20 heavy (non-hydrogen) atoms. The molecule has 0 amide bonds. The molecule has 0 radical (unpaired) electrons. The summed E-state index contributed by atoms with van der Waals surface area (Å²) in [6.45, 7) is 3.08. The van der Waals surface area contributed by atoms with Crippen LogP contribution in [0.2, 0.25) is 10.0 Å². The van der Waals surface area contributed by atoms with E-state index < -0.39 is 0 Å². The fourth-order valence-electron chi connectivity index (χ4n) is 2.83. The molecular weight excluding hydrogens is 297 g/mol. The maximum absolute atomic E-state index is 8.78. The third-order valence-corrected chi connectivity index (χ3v) is 4.70. The minimum Gasteiger partial charge on any atom is -0.394 e. The van der Waals surface area contributed by atoms with E-state index >= 15 is 0 Å². The topological polar surface area (TPSA) is 41.5 Å². The second kappa shape index (κ2) is 7.62. The molecule has 1 unspecified atom stereocenters. The first-order chi connectivity index (χ1) is 9.68. The summed E-state index contributed by atoms with van der Waals surface area (Å²) >= 11 is 12.2. The summed E-state index contributed by atoms with van der Waals surface area (Å²) in [6, 6.07) is 5.90. The summed E-state index contributed by atoms with van der Waals surface area (Å²) in [5.41, 5.74) is 1.26. The predicted octanol–water partition coefficient (Wildman–Crippen LogP) is 3.01. The highest BCUT2D eigenvalue weighted by Gasteiger charge is 2.33. The molecule has 0 aliphatic carbocycles. The normalized spacial score (nSPS) is 22.9. The largest absolute Gasteiger partial charge is 0.394 e. The van der Waals surface area contributed by atoms with E-state index in [0.717, 1.165) is 32.4 Å². The van der Waals surface area contributed by atoms with E-state index in [2.05, 4.69) is 11.4 Å². The van der Waals surface area contributed by atoms with Crippen LogP contribution in [0.15, 0.2) is 18.2 Å². The number of rotatable bonds is 6. The van der Waals surface area contributed by atoms with Crippen LogP contribution in [0.5, 0.6) is 0 Å². The summed E-state index contributed by atoms with van der Waals surface area (Å²) < 4.78 is 5.45. The van der Waals surface area contributed by atoms with Gasteiger partial charge < -0.3 is 15.2 Å². The summed E-state index contributed by atoms with van der Waals surface area (Å²) in [4.78, 5) is 0. The standard InChI is InChI=1S/C15H21Cl2NO2/c16-13-3-2-12(10-14(13)17)15(4-1-6-18-11-15)5-8-20-9-7-19/h2-3,10,18-19H,1,4-9,11H2. The lowest BCUT2D eigenvalue weighted by Crippen LogP contribution is -2.44. The van der Waals surface area contributed by atoms with Crippen LogP contribution in [0, 0.1) is 0 Å². The molecule has 1 atom stereocenters. The van der Waals surface area contributed by atoms with Gasteiger partial charge in [-0.05, 0) is 43.5 Å². The van der Waals surface area contributed by atoms with Crippen LogP contribution in [-0.2, 0) is 10.2 Å². The van der Waals surface area contributed by atoms with Crippen molar-refractivity contribution in [2.24, 2.45) is 0 Å². The van der Waals surface area contributed by atoms with Gasteiger partial charge in [-0.1, -0.05) is 29.3 Å². The van der Waals surface area contributed by atoms with E-state index in [1.165, 1.54) is 5.56 Å². The van der Waals surface area contributed by atoms with E-state index in [1.807, 2.05) is 12.1 Å². The number of aliphatic hydroxyl groups excluding tert-OH is 1. The maximum Gasteiger partial charge on any atom is 0.0697 e. The average Bonchev–Trinajstić information content (AvgIpc) is 2.47. The highest BCUT2D eigenvalue weighted by atomic mass is 35.5. The van der Waals surface area contributed by atoms with Crippen molar-refractivity contribution in [3.8, 4) is 0 Å². The molecule has 0 bridgehead atoms.